The van der Waals surface area contributed by atoms with Crippen molar-refractivity contribution in [3.63, 3.8) is 0 Å². The molecule has 1 aliphatic rings. The van der Waals surface area contributed by atoms with Crippen molar-refractivity contribution in [2.24, 2.45) is 0 Å². The Hall–Kier alpha value is -2.22. The van der Waals surface area contributed by atoms with Gasteiger partial charge in [-0.1, -0.05) is 0 Å². The molecule has 1 saturated heterocycles. The van der Waals surface area contributed by atoms with Crippen molar-refractivity contribution in [1.82, 2.24) is 9.88 Å². The molecule has 8 heteroatoms. The van der Waals surface area contributed by atoms with E-state index in [0.29, 0.717) is 44.1 Å². The van der Waals surface area contributed by atoms with E-state index in [1.54, 1.807) is 0 Å². The zero-order valence-corrected chi connectivity index (χ0v) is 13.2. The van der Waals surface area contributed by atoms with Crippen molar-refractivity contribution in [2.75, 3.05) is 31.1 Å². The number of hydrogen-bond acceptors (Lipinski definition) is 3. The summed E-state index contributed by atoms with van der Waals surface area (Å²) in [6, 6.07) is 5.88. The van der Waals surface area contributed by atoms with Gasteiger partial charge in [0.25, 0.3) is 0 Å². The molecule has 0 bridgehead atoms. The molecule has 0 spiro atoms. The highest BCUT2D eigenvalue weighted by Crippen LogP contribution is 2.28. The number of nitrogens with zero attached hydrogens (tertiary/aromatic N) is 3. The molecule has 3 rings (SSSR count). The summed E-state index contributed by atoms with van der Waals surface area (Å²) in [6.45, 7) is 2.74. The second kappa shape index (κ2) is 6.95. The Morgan fingerprint density at radius 2 is 1.68 bits per heavy atom. The summed E-state index contributed by atoms with van der Waals surface area (Å²) in [5.74, 6) is -1.22. The molecule has 2 heterocycles. The first kappa shape index (κ1) is 17.6. The van der Waals surface area contributed by atoms with Gasteiger partial charge in [-0.3, -0.25) is 9.88 Å². The van der Waals surface area contributed by atoms with Crippen molar-refractivity contribution in [3.05, 3.63) is 59.4 Å². The third-order valence-corrected chi connectivity index (χ3v) is 4.16. The molecule has 1 aliphatic heterocycles. The highest BCUT2D eigenvalue weighted by Gasteiger charge is 2.30. The summed E-state index contributed by atoms with van der Waals surface area (Å²) in [6.07, 6.45) is -3.56. The van der Waals surface area contributed by atoms with Gasteiger partial charge < -0.3 is 4.90 Å². The molecule has 2 aromatic rings. The van der Waals surface area contributed by atoms with E-state index >= 15 is 0 Å². The third-order valence-electron chi connectivity index (χ3n) is 4.16. The fraction of sp³-hybridized carbons (Fsp3) is 0.353. The fourth-order valence-electron chi connectivity index (χ4n) is 2.80. The van der Waals surface area contributed by atoms with Crippen LogP contribution in [0.25, 0.3) is 0 Å². The van der Waals surface area contributed by atoms with Crippen molar-refractivity contribution < 1.29 is 22.0 Å². The van der Waals surface area contributed by atoms with E-state index in [9.17, 15) is 22.0 Å². The van der Waals surface area contributed by atoms with Crippen molar-refractivity contribution >= 4 is 5.69 Å². The smallest absolute Gasteiger partial charge is 0.367 e. The Morgan fingerprint density at radius 1 is 0.960 bits per heavy atom. The Balaban J connectivity index is 1.57. The first-order valence-electron chi connectivity index (χ1n) is 7.77. The van der Waals surface area contributed by atoms with Gasteiger partial charge in [-0.15, -0.1) is 0 Å². The maximum Gasteiger partial charge on any atom is 0.417 e. The number of halogens is 5. The van der Waals surface area contributed by atoms with E-state index in [1.807, 2.05) is 9.80 Å². The summed E-state index contributed by atoms with van der Waals surface area (Å²) in [5.41, 5.74) is 0.135. The minimum atomic E-state index is -4.39. The quantitative estimate of drug-likeness (QED) is 0.781. The highest BCUT2D eigenvalue weighted by atomic mass is 19.4. The zero-order chi connectivity index (χ0) is 18.0. The standard InChI is InChI=1S/C17H16F5N3/c18-13-2-4-16(15(19)9-13)25-7-5-24(6-8-25)11-14-3-1-12(10-23-14)17(20,21)22/h1-4,9-10H,5-8,11H2. The summed E-state index contributed by atoms with van der Waals surface area (Å²) in [7, 11) is 0. The van der Waals surface area contributed by atoms with Gasteiger partial charge >= 0.3 is 6.18 Å². The van der Waals surface area contributed by atoms with Crippen LogP contribution in [0.2, 0.25) is 0 Å². The lowest BCUT2D eigenvalue weighted by molar-refractivity contribution is -0.137. The lowest BCUT2D eigenvalue weighted by Crippen LogP contribution is -2.46. The summed E-state index contributed by atoms with van der Waals surface area (Å²) in [4.78, 5) is 7.72. The highest BCUT2D eigenvalue weighted by molar-refractivity contribution is 5.48. The topological polar surface area (TPSA) is 19.4 Å². The largest absolute Gasteiger partial charge is 0.417 e. The van der Waals surface area contributed by atoms with Crippen LogP contribution in [0.3, 0.4) is 0 Å². The molecule has 3 nitrogen and oxygen atoms in total. The fourth-order valence-corrected chi connectivity index (χ4v) is 2.80. The van der Waals surface area contributed by atoms with Gasteiger partial charge in [0, 0.05) is 45.0 Å². The van der Waals surface area contributed by atoms with Crippen LogP contribution in [-0.2, 0) is 12.7 Å². The van der Waals surface area contributed by atoms with Gasteiger partial charge in [0.1, 0.15) is 11.6 Å². The Labute approximate surface area is 141 Å². The van der Waals surface area contributed by atoms with E-state index in [2.05, 4.69) is 4.98 Å². The first-order valence-corrected chi connectivity index (χ1v) is 7.77. The van der Waals surface area contributed by atoms with Crippen molar-refractivity contribution in [1.29, 1.82) is 0 Å². The van der Waals surface area contributed by atoms with Crippen LogP contribution in [0.15, 0.2) is 36.5 Å². The average Bonchev–Trinajstić information content (AvgIpc) is 2.56. The molecule has 0 N–H and O–H groups in total. The van der Waals surface area contributed by atoms with Crippen LogP contribution in [0.5, 0.6) is 0 Å². The lowest BCUT2D eigenvalue weighted by atomic mass is 10.2. The van der Waals surface area contributed by atoms with E-state index in [4.69, 9.17) is 0 Å². The minimum absolute atomic E-state index is 0.355. The number of benzene rings is 1. The molecule has 0 aliphatic carbocycles. The predicted molar refractivity (Wildman–Crippen MR) is 83.1 cm³/mol. The van der Waals surface area contributed by atoms with Gasteiger partial charge in [-0.2, -0.15) is 13.2 Å². The summed E-state index contributed by atoms with van der Waals surface area (Å²) < 4.78 is 64.4. The van der Waals surface area contributed by atoms with Crippen LogP contribution >= 0.6 is 0 Å². The molecule has 134 valence electrons. The van der Waals surface area contributed by atoms with Crippen LogP contribution in [0.4, 0.5) is 27.6 Å². The van der Waals surface area contributed by atoms with Crippen LogP contribution in [0.1, 0.15) is 11.3 Å². The average molecular weight is 357 g/mol. The van der Waals surface area contributed by atoms with Crippen molar-refractivity contribution in [2.45, 2.75) is 12.7 Å². The summed E-state index contributed by atoms with van der Waals surface area (Å²) in [5, 5.41) is 0. The maximum atomic E-state index is 13.8. The third kappa shape index (κ3) is 4.25. The maximum absolute atomic E-state index is 13.8. The lowest BCUT2D eigenvalue weighted by Gasteiger charge is -2.36. The Bertz CT molecular complexity index is 722. The van der Waals surface area contributed by atoms with Crippen LogP contribution in [0, 0.1) is 11.6 Å². The number of hydrogen-bond donors (Lipinski definition) is 0. The molecule has 0 unspecified atom stereocenters. The molecule has 0 radical (unpaired) electrons. The van der Waals surface area contributed by atoms with E-state index < -0.39 is 23.4 Å². The van der Waals surface area contributed by atoms with Gasteiger partial charge in [0.15, 0.2) is 0 Å². The number of alkyl halides is 3. The molecule has 25 heavy (non-hydrogen) atoms. The molecular formula is C17H16F5N3. The number of pyridine rings is 1. The minimum Gasteiger partial charge on any atom is -0.367 e. The SMILES string of the molecule is Fc1ccc(N2CCN(Cc3ccc(C(F)(F)F)cn3)CC2)c(F)c1. The van der Waals surface area contributed by atoms with Gasteiger partial charge in [0.2, 0.25) is 0 Å². The van der Waals surface area contributed by atoms with Crippen LogP contribution < -0.4 is 4.90 Å². The molecular weight excluding hydrogens is 341 g/mol. The molecule has 0 amide bonds. The van der Waals surface area contributed by atoms with Gasteiger partial charge in [-0.25, -0.2) is 8.78 Å². The van der Waals surface area contributed by atoms with Crippen LogP contribution in [-0.4, -0.2) is 36.1 Å². The van der Waals surface area contributed by atoms with E-state index in [1.165, 1.54) is 18.2 Å². The van der Waals surface area contributed by atoms with E-state index in [-0.39, 0.29) is 0 Å². The molecule has 1 fully saturated rings. The second-order valence-electron chi connectivity index (χ2n) is 5.89. The molecule has 0 atom stereocenters. The molecule has 0 saturated carbocycles. The van der Waals surface area contributed by atoms with Crippen molar-refractivity contribution in [3.8, 4) is 0 Å². The molecule has 1 aromatic carbocycles. The number of rotatable bonds is 3. The van der Waals surface area contributed by atoms with Gasteiger partial charge in [0.05, 0.1) is 16.9 Å². The predicted octanol–water partition coefficient (Wildman–Crippen LogP) is 3.70. The number of anilines is 1. The monoisotopic (exact) mass is 357 g/mol. The normalized spacial score (nSPS) is 16.3. The molecule has 1 aromatic heterocycles. The zero-order valence-electron chi connectivity index (χ0n) is 13.2. The second-order valence-corrected chi connectivity index (χ2v) is 5.89. The van der Waals surface area contributed by atoms with Gasteiger partial charge in [-0.05, 0) is 24.3 Å². The summed E-state index contributed by atoms with van der Waals surface area (Å²) >= 11 is 0. The number of aromatic nitrogens is 1. The number of piperazine rings is 1. The Morgan fingerprint density at radius 3 is 2.24 bits per heavy atom. The first-order chi connectivity index (χ1) is 11.8. The Kier molecular flexibility index (Phi) is 4.89. The van der Waals surface area contributed by atoms with E-state index in [0.717, 1.165) is 18.3 Å².